The van der Waals surface area contributed by atoms with Crippen LogP contribution in [0.15, 0.2) is 53.5 Å². The van der Waals surface area contributed by atoms with Crippen LogP contribution in [0.1, 0.15) is 11.1 Å². The highest BCUT2D eigenvalue weighted by molar-refractivity contribution is 14.0. The molecule has 2 aromatic rings. The molecule has 6 nitrogen and oxygen atoms in total. The van der Waals surface area contributed by atoms with Crippen molar-refractivity contribution in [2.75, 3.05) is 25.1 Å². The topological polar surface area (TPSA) is 79.6 Å². The Bertz CT molecular complexity index is 775. The summed E-state index contributed by atoms with van der Waals surface area (Å²) in [6, 6.07) is 13.0. The Hall–Kier alpha value is -1.88. The number of halogens is 2. The van der Waals surface area contributed by atoms with Crippen LogP contribution in [0.2, 0.25) is 0 Å². The molecule has 2 rings (SSSR count). The first-order chi connectivity index (χ1) is 13.1. The first-order valence-electron chi connectivity index (χ1n) is 8.58. The fourth-order valence-corrected chi connectivity index (χ4v) is 2.66. The average molecular weight is 518 g/mol. The lowest BCUT2D eigenvalue weighted by Gasteiger charge is -2.12. The fourth-order valence-electron chi connectivity index (χ4n) is 2.36. The number of hydrogen-bond donors (Lipinski definition) is 2. The normalized spacial score (nSPS) is 10.9. The molecular formula is C19H24FIN4O2S. The molecule has 0 spiro atoms. The second kappa shape index (κ2) is 13.3. The number of rotatable bonds is 9. The lowest BCUT2D eigenvalue weighted by atomic mass is 10.1. The Morgan fingerprint density at radius 2 is 1.82 bits per heavy atom. The first-order valence-corrected chi connectivity index (χ1v) is 9.97. The van der Waals surface area contributed by atoms with Crippen LogP contribution >= 0.6 is 35.7 Å². The van der Waals surface area contributed by atoms with Gasteiger partial charge in [0.25, 0.3) is 5.69 Å². The summed E-state index contributed by atoms with van der Waals surface area (Å²) in [6.07, 6.45) is 2.58. The molecule has 0 aliphatic carbocycles. The molecule has 0 atom stereocenters. The molecule has 0 heterocycles. The molecule has 0 unspecified atom stereocenters. The van der Waals surface area contributed by atoms with E-state index in [9.17, 15) is 14.5 Å². The Labute approximate surface area is 185 Å². The third kappa shape index (κ3) is 8.42. The van der Waals surface area contributed by atoms with Crippen molar-refractivity contribution in [2.24, 2.45) is 4.99 Å². The molecule has 0 bridgehead atoms. The zero-order chi connectivity index (χ0) is 19.5. The Morgan fingerprint density at radius 3 is 2.46 bits per heavy atom. The van der Waals surface area contributed by atoms with Crippen LogP contribution in [0, 0.1) is 15.9 Å². The minimum Gasteiger partial charge on any atom is -0.356 e. The summed E-state index contributed by atoms with van der Waals surface area (Å²) >= 11 is 1.73. The monoisotopic (exact) mass is 518 g/mol. The van der Waals surface area contributed by atoms with Crippen molar-refractivity contribution in [1.29, 1.82) is 0 Å². The van der Waals surface area contributed by atoms with Crippen LogP contribution in [-0.2, 0) is 13.0 Å². The predicted molar refractivity (Wildman–Crippen MR) is 124 cm³/mol. The van der Waals surface area contributed by atoms with E-state index >= 15 is 0 Å². The molecule has 0 saturated carbocycles. The first kappa shape index (κ1) is 24.2. The van der Waals surface area contributed by atoms with Gasteiger partial charge in [0, 0.05) is 31.0 Å². The number of guanidine groups is 1. The van der Waals surface area contributed by atoms with Gasteiger partial charge in [0.15, 0.2) is 5.96 Å². The van der Waals surface area contributed by atoms with Gasteiger partial charge >= 0.3 is 0 Å². The zero-order valence-corrected chi connectivity index (χ0v) is 18.7. The zero-order valence-electron chi connectivity index (χ0n) is 15.6. The summed E-state index contributed by atoms with van der Waals surface area (Å²) in [5, 5.41) is 17.2. The second-order valence-corrected chi connectivity index (χ2v) is 6.76. The molecule has 9 heteroatoms. The van der Waals surface area contributed by atoms with Gasteiger partial charge in [0.1, 0.15) is 5.82 Å². The maximum Gasteiger partial charge on any atom is 0.269 e. The quantitative estimate of drug-likeness (QED) is 0.131. The van der Waals surface area contributed by atoms with Crippen molar-refractivity contribution < 1.29 is 9.31 Å². The summed E-state index contributed by atoms with van der Waals surface area (Å²) in [4.78, 5) is 14.8. The van der Waals surface area contributed by atoms with Gasteiger partial charge in [-0.2, -0.15) is 11.8 Å². The van der Waals surface area contributed by atoms with E-state index in [0.717, 1.165) is 17.9 Å². The van der Waals surface area contributed by atoms with Gasteiger partial charge in [-0.25, -0.2) is 9.38 Å². The van der Waals surface area contributed by atoms with Gasteiger partial charge in [-0.1, -0.05) is 30.3 Å². The smallest absolute Gasteiger partial charge is 0.269 e. The Balaban J connectivity index is 0.00000392. The number of nitrogens with zero attached hydrogens (tertiary/aromatic N) is 2. The Morgan fingerprint density at radius 1 is 1.14 bits per heavy atom. The van der Waals surface area contributed by atoms with Crippen molar-refractivity contribution >= 4 is 47.4 Å². The highest BCUT2D eigenvalue weighted by Crippen LogP contribution is 2.12. The van der Waals surface area contributed by atoms with Crippen molar-refractivity contribution in [3.8, 4) is 0 Å². The van der Waals surface area contributed by atoms with Gasteiger partial charge in [-0.3, -0.25) is 10.1 Å². The van der Waals surface area contributed by atoms with E-state index in [4.69, 9.17) is 0 Å². The molecule has 0 amide bonds. The fraction of sp³-hybridized carbons (Fsp3) is 0.316. The summed E-state index contributed by atoms with van der Waals surface area (Å²) < 4.78 is 13.7. The standard InChI is InChI=1S/C19H23FN4O2S.HI/c1-27-13-12-22-19(21-11-10-16-4-2-3-5-18(16)20)23-14-15-6-8-17(9-7-15)24(25)26;/h2-9H,10-14H2,1H3,(H2,21,22,23);1H. The number of nitro benzene ring substituents is 1. The van der Waals surface area contributed by atoms with E-state index in [0.29, 0.717) is 31.0 Å². The van der Waals surface area contributed by atoms with E-state index < -0.39 is 4.92 Å². The summed E-state index contributed by atoms with van der Waals surface area (Å²) in [6.45, 7) is 1.70. The third-order valence-corrected chi connectivity index (χ3v) is 4.42. The Kier molecular flexibility index (Phi) is 11.5. The molecule has 0 aromatic heterocycles. The van der Waals surface area contributed by atoms with Crippen LogP contribution in [0.25, 0.3) is 0 Å². The molecule has 0 fully saturated rings. The summed E-state index contributed by atoms with van der Waals surface area (Å²) in [5.74, 6) is 1.36. The van der Waals surface area contributed by atoms with E-state index in [2.05, 4.69) is 15.6 Å². The van der Waals surface area contributed by atoms with Gasteiger partial charge in [0.05, 0.1) is 11.5 Å². The number of nitro groups is 1. The van der Waals surface area contributed by atoms with Crippen LogP contribution in [0.3, 0.4) is 0 Å². The number of hydrogen-bond acceptors (Lipinski definition) is 4. The number of aliphatic imine (C=N–C) groups is 1. The van der Waals surface area contributed by atoms with E-state index in [-0.39, 0.29) is 35.5 Å². The van der Waals surface area contributed by atoms with Crippen LogP contribution < -0.4 is 10.6 Å². The van der Waals surface area contributed by atoms with E-state index in [1.165, 1.54) is 18.2 Å². The minimum absolute atomic E-state index is 0. The highest BCUT2D eigenvalue weighted by atomic mass is 127. The van der Waals surface area contributed by atoms with Crippen molar-refractivity contribution in [3.63, 3.8) is 0 Å². The number of benzene rings is 2. The number of thioether (sulfide) groups is 1. The third-order valence-electron chi connectivity index (χ3n) is 3.81. The van der Waals surface area contributed by atoms with E-state index in [1.807, 2.05) is 12.3 Å². The SMILES string of the molecule is CSCCNC(=NCc1ccc([N+](=O)[O-])cc1)NCCc1ccccc1F.I. The largest absolute Gasteiger partial charge is 0.356 e. The number of nitrogens with one attached hydrogen (secondary N) is 2. The van der Waals surface area contributed by atoms with Crippen molar-refractivity contribution in [3.05, 3.63) is 75.6 Å². The molecule has 152 valence electrons. The van der Waals surface area contributed by atoms with Gasteiger partial charge in [-0.15, -0.1) is 24.0 Å². The molecular weight excluding hydrogens is 494 g/mol. The number of non-ortho nitro benzene ring substituents is 1. The summed E-state index contributed by atoms with van der Waals surface area (Å²) in [5.41, 5.74) is 1.59. The lowest BCUT2D eigenvalue weighted by molar-refractivity contribution is -0.384. The molecule has 0 aliphatic heterocycles. The van der Waals surface area contributed by atoms with Crippen molar-refractivity contribution in [1.82, 2.24) is 10.6 Å². The maximum atomic E-state index is 13.7. The van der Waals surface area contributed by atoms with Gasteiger partial charge in [-0.05, 0) is 29.9 Å². The van der Waals surface area contributed by atoms with Crippen LogP contribution in [-0.4, -0.2) is 36.0 Å². The van der Waals surface area contributed by atoms with E-state index in [1.54, 1.807) is 36.0 Å². The molecule has 28 heavy (non-hydrogen) atoms. The average Bonchev–Trinajstić information content (AvgIpc) is 2.67. The molecule has 0 radical (unpaired) electrons. The minimum atomic E-state index is -0.424. The molecule has 0 aliphatic rings. The van der Waals surface area contributed by atoms with Crippen molar-refractivity contribution in [2.45, 2.75) is 13.0 Å². The lowest BCUT2D eigenvalue weighted by Crippen LogP contribution is -2.39. The van der Waals surface area contributed by atoms with Crippen LogP contribution in [0.4, 0.5) is 10.1 Å². The summed E-state index contributed by atoms with van der Waals surface area (Å²) in [7, 11) is 0. The maximum absolute atomic E-state index is 13.7. The molecule has 2 aromatic carbocycles. The van der Waals surface area contributed by atoms with Crippen LogP contribution in [0.5, 0.6) is 0 Å². The molecule has 0 saturated heterocycles. The second-order valence-electron chi connectivity index (χ2n) is 5.78. The van der Waals surface area contributed by atoms with Gasteiger partial charge < -0.3 is 10.6 Å². The van der Waals surface area contributed by atoms with Gasteiger partial charge in [0.2, 0.25) is 0 Å². The highest BCUT2D eigenvalue weighted by Gasteiger charge is 2.05. The molecule has 2 N–H and O–H groups in total. The predicted octanol–water partition coefficient (Wildman–Crippen LogP) is 3.99.